The number of alkyl halides is 3. The molecule has 0 bridgehead atoms. The van der Waals surface area contributed by atoms with Crippen molar-refractivity contribution in [3.8, 4) is 0 Å². The summed E-state index contributed by atoms with van der Waals surface area (Å²) in [6.45, 7) is 2.53. The Balaban J connectivity index is 1.62. The number of nitrogens with one attached hydrogen (secondary N) is 1. The minimum Gasteiger partial charge on any atom is -0.441 e. The van der Waals surface area contributed by atoms with Crippen molar-refractivity contribution in [1.82, 2.24) is 10.2 Å². The molecule has 0 unspecified atom stereocenters. The Labute approximate surface area is 136 Å². The Bertz CT molecular complexity index is 571. The Hall–Kier alpha value is -1.41. The van der Waals surface area contributed by atoms with E-state index in [-0.39, 0.29) is 22.8 Å². The number of amides is 1. The minimum absolute atomic E-state index is 0.139. The lowest BCUT2D eigenvalue weighted by molar-refractivity contribution is -0.0328. The van der Waals surface area contributed by atoms with Crippen LogP contribution in [-0.4, -0.2) is 41.7 Å². The van der Waals surface area contributed by atoms with E-state index in [2.05, 4.69) is 5.32 Å². The zero-order chi connectivity index (χ0) is 16.5. The Kier molecular flexibility index (Phi) is 4.46. The summed E-state index contributed by atoms with van der Waals surface area (Å²) >= 11 is -0.142. The molecular formula is C15H17F3N2O2S. The molecule has 2 aliphatic heterocycles. The Morgan fingerprint density at radius 2 is 1.87 bits per heavy atom. The summed E-state index contributed by atoms with van der Waals surface area (Å²) < 4.78 is 42.5. The predicted molar refractivity (Wildman–Crippen MR) is 80.1 cm³/mol. The van der Waals surface area contributed by atoms with Crippen molar-refractivity contribution in [2.45, 2.75) is 35.4 Å². The van der Waals surface area contributed by atoms with Crippen molar-refractivity contribution in [3.05, 3.63) is 29.8 Å². The fraction of sp³-hybridized carbons (Fsp3) is 0.533. The number of carbonyl (C=O) groups excluding carboxylic acids is 1. The van der Waals surface area contributed by atoms with E-state index in [0.29, 0.717) is 13.1 Å². The van der Waals surface area contributed by atoms with E-state index in [0.717, 1.165) is 31.5 Å². The molecule has 0 atom stereocenters. The van der Waals surface area contributed by atoms with Gasteiger partial charge < -0.3 is 10.1 Å². The highest BCUT2D eigenvalue weighted by molar-refractivity contribution is 8.00. The summed E-state index contributed by atoms with van der Waals surface area (Å²) in [4.78, 5) is 13.8. The van der Waals surface area contributed by atoms with Crippen LogP contribution in [0.15, 0.2) is 29.2 Å². The maximum atomic E-state index is 12.3. The number of hydrogen-bond acceptors (Lipinski definition) is 4. The molecule has 2 heterocycles. The second-order valence-corrected chi connectivity index (χ2v) is 6.99. The summed E-state index contributed by atoms with van der Waals surface area (Å²) in [6.07, 6.45) is 1.23. The summed E-state index contributed by atoms with van der Waals surface area (Å²) in [5.74, 6) is 0. The SMILES string of the molecule is O=C1OC2(CCNCC2)CN1Cc1ccc(SC(F)(F)F)cc1. The molecule has 126 valence electrons. The lowest BCUT2D eigenvalue weighted by Crippen LogP contribution is -2.44. The molecule has 23 heavy (non-hydrogen) atoms. The van der Waals surface area contributed by atoms with E-state index in [9.17, 15) is 18.0 Å². The zero-order valence-electron chi connectivity index (χ0n) is 12.4. The van der Waals surface area contributed by atoms with E-state index >= 15 is 0 Å². The molecule has 0 aromatic heterocycles. The van der Waals surface area contributed by atoms with Crippen molar-refractivity contribution in [1.29, 1.82) is 0 Å². The van der Waals surface area contributed by atoms with Gasteiger partial charge in [-0.3, -0.25) is 4.90 Å². The summed E-state index contributed by atoms with van der Waals surface area (Å²) in [6, 6.07) is 6.09. The van der Waals surface area contributed by atoms with Gasteiger partial charge in [-0.25, -0.2) is 4.79 Å². The van der Waals surface area contributed by atoms with Gasteiger partial charge in [0.05, 0.1) is 6.54 Å². The summed E-state index contributed by atoms with van der Waals surface area (Å²) in [5, 5.41) is 3.24. The van der Waals surface area contributed by atoms with Crippen LogP contribution in [0.1, 0.15) is 18.4 Å². The van der Waals surface area contributed by atoms with Crippen LogP contribution < -0.4 is 5.32 Å². The van der Waals surface area contributed by atoms with Gasteiger partial charge in [0.25, 0.3) is 0 Å². The largest absolute Gasteiger partial charge is 0.446 e. The number of thioether (sulfide) groups is 1. The number of halogens is 3. The van der Waals surface area contributed by atoms with Gasteiger partial charge in [0.15, 0.2) is 0 Å². The van der Waals surface area contributed by atoms with Gasteiger partial charge in [0, 0.05) is 24.3 Å². The second-order valence-electron chi connectivity index (χ2n) is 5.85. The van der Waals surface area contributed by atoms with Gasteiger partial charge in [-0.2, -0.15) is 13.2 Å². The van der Waals surface area contributed by atoms with Gasteiger partial charge in [-0.1, -0.05) is 12.1 Å². The number of piperidine rings is 1. The highest BCUT2D eigenvalue weighted by Crippen LogP contribution is 2.37. The molecule has 2 saturated heterocycles. The molecule has 1 N–H and O–H groups in total. The van der Waals surface area contributed by atoms with Crippen LogP contribution in [-0.2, 0) is 11.3 Å². The standard InChI is InChI=1S/C15H17F3N2O2S/c16-15(17,18)23-12-3-1-11(2-4-12)9-20-10-14(22-13(20)21)5-7-19-8-6-14/h1-4,19H,5-10H2. The molecule has 0 aliphatic carbocycles. The lowest BCUT2D eigenvalue weighted by Gasteiger charge is -2.31. The number of rotatable bonds is 3. The Morgan fingerprint density at radius 1 is 1.22 bits per heavy atom. The van der Waals surface area contributed by atoms with E-state index in [1.807, 2.05) is 0 Å². The van der Waals surface area contributed by atoms with Gasteiger partial charge in [-0.15, -0.1) is 0 Å². The molecule has 0 radical (unpaired) electrons. The number of benzene rings is 1. The van der Waals surface area contributed by atoms with E-state index in [1.165, 1.54) is 12.1 Å². The Morgan fingerprint density at radius 3 is 2.48 bits per heavy atom. The highest BCUT2D eigenvalue weighted by atomic mass is 32.2. The van der Waals surface area contributed by atoms with Crippen LogP contribution in [0.5, 0.6) is 0 Å². The molecule has 2 aliphatic rings. The first-order valence-electron chi connectivity index (χ1n) is 7.39. The van der Waals surface area contributed by atoms with Crippen molar-refractivity contribution < 1.29 is 22.7 Å². The number of carbonyl (C=O) groups is 1. The normalized spacial score (nSPS) is 20.8. The molecule has 3 rings (SSSR count). The average Bonchev–Trinajstić information content (AvgIpc) is 2.76. The van der Waals surface area contributed by atoms with E-state index in [1.54, 1.807) is 17.0 Å². The monoisotopic (exact) mass is 346 g/mol. The van der Waals surface area contributed by atoms with Crippen LogP contribution in [0.4, 0.5) is 18.0 Å². The van der Waals surface area contributed by atoms with Crippen molar-refractivity contribution >= 4 is 17.9 Å². The third-order valence-electron chi connectivity index (χ3n) is 4.09. The van der Waals surface area contributed by atoms with Crippen molar-refractivity contribution in [2.75, 3.05) is 19.6 Å². The van der Waals surface area contributed by atoms with Crippen molar-refractivity contribution in [2.24, 2.45) is 0 Å². The lowest BCUT2D eigenvalue weighted by atomic mass is 9.92. The quantitative estimate of drug-likeness (QED) is 0.852. The topological polar surface area (TPSA) is 41.6 Å². The van der Waals surface area contributed by atoms with Crippen LogP contribution in [0.2, 0.25) is 0 Å². The van der Waals surface area contributed by atoms with Gasteiger partial charge in [-0.05, 0) is 42.5 Å². The molecule has 1 aromatic rings. The van der Waals surface area contributed by atoms with Crippen LogP contribution in [0.3, 0.4) is 0 Å². The molecule has 1 aromatic carbocycles. The molecule has 4 nitrogen and oxygen atoms in total. The smallest absolute Gasteiger partial charge is 0.441 e. The molecule has 1 amide bonds. The second kappa shape index (κ2) is 6.24. The summed E-state index contributed by atoms with van der Waals surface area (Å²) in [7, 11) is 0. The summed E-state index contributed by atoms with van der Waals surface area (Å²) in [5.41, 5.74) is -3.91. The van der Waals surface area contributed by atoms with Gasteiger partial charge in [0.1, 0.15) is 5.60 Å². The number of ether oxygens (including phenoxy) is 1. The average molecular weight is 346 g/mol. The predicted octanol–water partition coefficient (Wildman–Crippen LogP) is 3.37. The first kappa shape index (κ1) is 16.4. The molecular weight excluding hydrogens is 329 g/mol. The molecule has 0 saturated carbocycles. The number of hydrogen-bond donors (Lipinski definition) is 1. The van der Waals surface area contributed by atoms with Crippen LogP contribution >= 0.6 is 11.8 Å². The third kappa shape index (κ3) is 4.11. The van der Waals surface area contributed by atoms with Crippen molar-refractivity contribution in [3.63, 3.8) is 0 Å². The first-order valence-corrected chi connectivity index (χ1v) is 8.20. The molecule has 8 heteroatoms. The third-order valence-corrected chi connectivity index (χ3v) is 4.83. The maximum Gasteiger partial charge on any atom is 0.446 e. The maximum absolute atomic E-state index is 12.3. The zero-order valence-corrected chi connectivity index (χ0v) is 13.2. The van der Waals surface area contributed by atoms with Crippen LogP contribution in [0, 0.1) is 0 Å². The highest BCUT2D eigenvalue weighted by Gasteiger charge is 2.45. The molecule has 2 fully saturated rings. The van der Waals surface area contributed by atoms with Crippen LogP contribution in [0.25, 0.3) is 0 Å². The molecule has 1 spiro atoms. The van der Waals surface area contributed by atoms with E-state index < -0.39 is 11.1 Å². The minimum atomic E-state index is -4.29. The fourth-order valence-electron chi connectivity index (χ4n) is 2.97. The van der Waals surface area contributed by atoms with Gasteiger partial charge >= 0.3 is 11.6 Å². The first-order chi connectivity index (χ1) is 10.9. The number of nitrogens with zero attached hydrogens (tertiary/aromatic N) is 1. The fourth-order valence-corrected chi connectivity index (χ4v) is 3.51. The van der Waals surface area contributed by atoms with E-state index in [4.69, 9.17) is 4.74 Å². The van der Waals surface area contributed by atoms with Gasteiger partial charge in [0.2, 0.25) is 0 Å².